The van der Waals surface area contributed by atoms with Crippen LogP contribution in [0.3, 0.4) is 0 Å². The molecule has 0 aromatic rings. The summed E-state index contributed by atoms with van der Waals surface area (Å²) in [4.78, 5) is 12.0. The first kappa shape index (κ1) is 18.3. The van der Waals surface area contributed by atoms with Crippen molar-refractivity contribution in [2.24, 2.45) is 17.8 Å². The van der Waals surface area contributed by atoms with Crippen molar-refractivity contribution in [1.29, 1.82) is 0 Å². The molecule has 2 fully saturated rings. The Hall–Kier alpha value is -1.00. The Bertz CT molecular complexity index is 398. The molecule has 2 nitrogen and oxygen atoms in total. The molecular weight excluding hydrogens is 305 g/mol. The maximum absolute atomic E-state index is 12.7. The quantitative estimate of drug-likeness (QED) is 0.479. The van der Waals surface area contributed by atoms with E-state index in [1.54, 1.807) is 0 Å². The summed E-state index contributed by atoms with van der Waals surface area (Å²) in [6.45, 7) is 3.67. The van der Waals surface area contributed by atoms with Gasteiger partial charge in [0, 0.05) is 0 Å². The van der Waals surface area contributed by atoms with Crippen LogP contribution >= 0.6 is 0 Å². The third-order valence-electron chi connectivity index (χ3n) is 5.38. The molecule has 0 bridgehead atoms. The van der Waals surface area contributed by atoms with Crippen LogP contribution in [-0.2, 0) is 9.53 Å². The van der Waals surface area contributed by atoms with Crippen molar-refractivity contribution in [3.8, 4) is 0 Å². The minimum Gasteiger partial charge on any atom is -0.462 e. The first-order valence-electron chi connectivity index (χ1n) is 8.78. The van der Waals surface area contributed by atoms with Gasteiger partial charge in [0.1, 0.15) is 6.10 Å². The molecule has 2 atom stereocenters. The molecule has 1 saturated carbocycles. The van der Waals surface area contributed by atoms with Crippen LogP contribution in [0.15, 0.2) is 12.7 Å². The van der Waals surface area contributed by atoms with Gasteiger partial charge >= 0.3 is 12.1 Å². The van der Waals surface area contributed by atoms with Gasteiger partial charge in [-0.05, 0) is 70.1 Å². The Labute approximate surface area is 136 Å². The predicted molar refractivity (Wildman–Crippen MR) is 82.8 cm³/mol. The Balaban J connectivity index is 1.67. The van der Waals surface area contributed by atoms with Crippen LogP contribution in [-0.4, -0.2) is 18.2 Å². The second-order valence-electron chi connectivity index (χ2n) is 7.04. The Morgan fingerprint density at radius 1 is 1.04 bits per heavy atom. The molecule has 1 heterocycles. The number of halogens is 3. The topological polar surface area (TPSA) is 26.3 Å². The molecule has 2 rings (SSSR count). The lowest BCUT2D eigenvalue weighted by molar-refractivity contribution is -0.184. The predicted octanol–water partition coefficient (Wildman–Crippen LogP) is 5.42. The number of hydrogen-bond acceptors (Lipinski definition) is 2. The average molecular weight is 332 g/mol. The van der Waals surface area contributed by atoms with Gasteiger partial charge < -0.3 is 4.74 Å². The van der Waals surface area contributed by atoms with Crippen molar-refractivity contribution < 1.29 is 22.7 Å². The summed E-state index contributed by atoms with van der Waals surface area (Å²) < 4.78 is 43.4. The Kier molecular flexibility index (Phi) is 6.54. The molecule has 23 heavy (non-hydrogen) atoms. The van der Waals surface area contributed by atoms with E-state index in [1.165, 1.54) is 0 Å². The van der Waals surface area contributed by atoms with E-state index in [0.29, 0.717) is 18.8 Å². The summed E-state index contributed by atoms with van der Waals surface area (Å²) in [5, 5.41) is 0. The Morgan fingerprint density at radius 3 is 2.30 bits per heavy atom. The van der Waals surface area contributed by atoms with Gasteiger partial charge in [0.2, 0.25) is 0 Å². The molecule has 2 unspecified atom stereocenters. The second-order valence-corrected chi connectivity index (χ2v) is 7.04. The number of allylic oxidation sites excluding steroid dienone is 1. The normalized spacial score (nSPS) is 32.4. The van der Waals surface area contributed by atoms with E-state index < -0.39 is 12.1 Å². The van der Waals surface area contributed by atoms with Crippen LogP contribution in [0.5, 0.6) is 0 Å². The molecular formula is C18H27F3O2. The molecule has 0 spiro atoms. The number of ether oxygens (including phenoxy) is 1. The summed E-state index contributed by atoms with van der Waals surface area (Å²) in [5.74, 6) is -0.964. The fourth-order valence-corrected chi connectivity index (χ4v) is 3.81. The van der Waals surface area contributed by atoms with Crippen molar-refractivity contribution in [3.63, 3.8) is 0 Å². The molecule has 2 aliphatic rings. The van der Waals surface area contributed by atoms with E-state index in [0.717, 1.165) is 38.5 Å². The third-order valence-corrected chi connectivity index (χ3v) is 5.38. The van der Waals surface area contributed by atoms with Crippen molar-refractivity contribution in [2.75, 3.05) is 0 Å². The average Bonchev–Trinajstić information content (AvgIpc) is 2.51. The van der Waals surface area contributed by atoms with Gasteiger partial charge in [0.25, 0.3) is 0 Å². The number of rotatable bonds is 6. The van der Waals surface area contributed by atoms with Crippen LogP contribution in [0, 0.1) is 17.8 Å². The van der Waals surface area contributed by atoms with E-state index in [-0.39, 0.29) is 30.8 Å². The first-order chi connectivity index (χ1) is 10.9. The molecule has 0 aromatic heterocycles. The van der Waals surface area contributed by atoms with Crippen LogP contribution in [0.2, 0.25) is 0 Å². The number of hydrogen-bond donors (Lipinski definition) is 0. The lowest BCUT2D eigenvalue weighted by atomic mass is 9.78. The highest BCUT2D eigenvalue weighted by Crippen LogP contribution is 2.41. The van der Waals surface area contributed by atoms with Crippen molar-refractivity contribution in [1.82, 2.24) is 0 Å². The summed E-state index contributed by atoms with van der Waals surface area (Å²) >= 11 is 0. The van der Waals surface area contributed by atoms with Crippen LogP contribution < -0.4 is 0 Å². The van der Waals surface area contributed by atoms with Crippen LogP contribution in [0.4, 0.5) is 13.2 Å². The monoisotopic (exact) mass is 332 g/mol. The summed E-state index contributed by atoms with van der Waals surface area (Å²) in [6, 6.07) is 0. The minimum absolute atomic E-state index is 0.0129. The van der Waals surface area contributed by atoms with E-state index in [9.17, 15) is 18.0 Å². The number of carbonyl (C=O) groups excluding carboxylic acids is 1. The van der Waals surface area contributed by atoms with Gasteiger partial charge in [-0.2, -0.15) is 13.2 Å². The van der Waals surface area contributed by atoms with Gasteiger partial charge in [-0.1, -0.05) is 6.08 Å². The molecule has 1 aliphatic heterocycles. The van der Waals surface area contributed by atoms with Gasteiger partial charge in [0.15, 0.2) is 0 Å². The van der Waals surface area contributed by atoms with Gasteiger partial charge in [-0.25, -0.2) is 0 Å². The highest BCUT2D eigenvalue weighted by molar-refractivity contribution is 5.73. The lowest BCUT2D eigenvalue weighted by Gasteiger charge is -2.32. The fourth-order valence-electron chi connectivity index (χ4n) is 3.81. The molecule has 0 radical (unpaired) electrons. The number of alkyl halides is 3. The van der Waals surface area contributed by atoms with Crippen LogP contribution in [0.25, 0.3) is 0 Å². The van der Waals surface area contributed by atoms with Crippen molar-refractivity contribution in [2.45, 2.75) is 76.5 Å². The summed E-state index contributed by atoms with van der Waals surface area (Å²) in [6.07, 6.45) is 4.59. The molecule has 1 aliphatic carbocycles. The van der Waals surface area contributed by atoms with Crippen molar-refractivity contribution >= 4 is 5.97 Å². The van der Waals surface area contributed by atoms with E-state index in [1.807, 2.05) is 6.08 Å². The zero-order valence-electron chi connectivity index (χ0n) is 13.6. The molecule has 0 amide bonds. The smallest absolute Gasteiger partial charge is 0.391 e. The van der Waals surface area contributed by atoms with Crippen molar-refractivity contribution in [3.05, 3.63) is 12.7 Å². The maximum atomic E-state index is 12.7. The maximum Gasteiger partial charge on any atom is 0.391 e. The highest BCUT2D eigenvalue weighted by atomic mass is 19.4. The zero-order chi connectivity index (χ0) is 16.9. The summed E-state index contributed by atoms with van der Waals surface area (Å²) in [5.41, 5.74) is 0. The number of esters is 1. The summed E-state index contributed by atoms with van der Waals surface area (Å²) in [7, 11) is 0. The van der Waals surface area contributed by atoms with Gasteiger partial charge in [-0.15, -0.1) is 6.58 Å². The molecule has 132 valence electrons. The fraction of sp³-hybridized carbons (Fsp3) is 0.833. The third kappa shape index (κ3) is 5.54. The number of cyclic esters (lactones) is 1. The largest absolute Gasteiger partial charge is 0.462 e. The lowest BCUT2D eigenvalue weighted by Crippen LogP contribution is -2.32. The highest BCUT2D eigenvalue weighted by Gasteiger charge is 2.41. The van der Waals surface area contributed by atoms with Gasteiger partial charge in [-0.3, -0.25) is 4.79 Å². The molecule has 5 heteroatoms. The second kappa shape index (κ2) is 8.20. The van der Waals surface area contributed by atoms with E-state index in [2.05, 4.69) is 6.58 Å². The minimum atomic E-state index is -4.04. The number of carbonyl (C=O) groups is 1. The van der Waals surface area contributed by atoms with E-state index >= 15 is 0 Å². The standard InChI is InChI=1S/C18H27F3O2/c1-2-3-4-16-12-9-14(17(22)23-16)8-5-13-6-10-15(11-7-13)18(19,20)21/h2,13-16H,1,3-12H2. The molecule has 1 saturated heterocycles. The Morgan fingerprint density at radius 2 is 1.74 bits per heavy atom. The SMILES string of the molecule is C=CCCC1CCC(CCC2CCC(C(F)(F)F)CC2)C(=O)O1. The van der Waals surface area contributed by atoms with Gasteiger partial charge in [0.05, 0.1) is 11.8 Å². The zero-order valence-corrected chi connectivity index (χ0v) is 13.6. The molecule has 0 aromatic carbocycles. The first-order valence-corrected chi connectivity index (χ1v) is 8.78. The van der Waals surface area contributed by atoms with E-state index in [4.69, 9.17) is 4.74 Å². The van der Waals surface area contributed by atoms with Crippen LogP contribution in [0.1, 0.15) is 64.2 Å². The molecule has 0 N–H and O–H groups in total.